The Balaban J connectivity index is 1.97. The van der Waals surface area contributed by atoms with Crippen LogP contribution in [0.3, 0.4) is 0 Å². The normalized spacial score (nSPS) is 11.2. The number of anilines is 1. The summed E-state index contributed by atoms with van der Waals surface area (Å²) < 4.78 is 33.4. The number of nitrogens with zero attached hydrogens (tertiary/aromatic N) is 1. The number of carbonyl (C=O) groups is 1. The monoisotopic (exact) mass is 437 g/mol. The Morgan fingerprint density at radius 1 is 0.871 bits per heavy atom. The summed E-state index contributed by atoms with van der Waals surface area (Å²) in [6.07, 6.45) is 0.814. The zero-order valence-electron chi connectivity index (χ0n) is 18.3. The molecule has 0 aliphatic carbocycles. The summed E-state index contributed by atoms with van der Waals surface area (Å²) in [4.78, 5) is 13.2. The Bertz CT molecular complexity index is 1170. The Hall–Kier alpha value is -3.12. The van der Waals surface area contributed by atoms with Gasteiger partial charge in [0.25, 0.3) is 15.9 Å². The van der Waals surface area contributed by atoms with Gasteiger partial charge in [-0.15, -0.1) is 0 Å². The van der Waals surface area contributed by atoms with Gasteiger partial charge in [0.1, 0.15) is 5.75 Å². The molecule has 162 valence electrons. The molecule has 0 unspecified atom stereocenters. The van der Waals surface area contributed by atoms with Crippen molar-refractivity contribution in [3.05, 3.63) is 89.0 Å². The first-order valence-corrected chi connectivity index (χ1v) is 11.6. The number of hydrogen-bond donors (Lipinski definition) is 0. The molecule has 0 N–H and O–H groups in total. The van der Waals surface area contributed by atoms with E-state index in [-0.39, 0.29) is 10.6 Å². The second-order valence-electron chi connectivity index (χ2n) is 7.55. The first-order valence-electron chi connectivity index (χ1n) is 10.2. The number of sulfonamides is 1. The van der Waals surface area contributed by atoms with Crippen LogP contribution in [0.4, 0.5) is 5.69 Å². The highest BCUT2D eigenvalue weighted by molar-refractivity contribution is 7.93. The number of carbonyl (C=O) groups excluding carboxylic acids is 1. The molecule has 0 bridgehead atoms. The van der Waals surface area contributed by atoms with E-state index in [4.69, 9.17) is 4.74 Å². The third-order valence-corrected chi connectivity index (χ3v) is 6.82. The van der Waals surface area contributed by atoms with Gasteiger partial charge >= 0.3 is 0 Å². The summed E-state index contributed by atoms with van der Waals surface area (Å²) in [5.74, 6) is -0.104. The summed E-state index contributed by atoms with van der Waals surface area (Å²) in [6, 6.07) is 19.1. The highest BCUT2D eigenvalue weighted by Crippen LogP contribution is 2.26. The van der Waals surface area contributed by atoms with Crippen molar-refractivity contribution in [3.8, 4) is 5.75 Å². The fourth-order valence-electron chi connectivity index (χ4n) is 3.16. The average molecular weight is 438 g/mol. The maximum absolute atomic E-state index is 13.4. The largest absolute Gasteiger partial charge is 0.483 e. The van der Waals surface area contributed by atoms with Crippen LogP contribution >= 0.6 is 0 Å². The molecule has 5 nitrogen and oxygen atoms in total. The highest BCUT2D eigenvalue weighted by atomic mass is 32.2. The van der Waals surface area contributed by atoms with E-state index in [2.05, 4.69) is 0 Å². The van der Waals surface area contributed by atoms with Crippen LogP contribution < -0.4 is 9.04 Å². The summed E-state index contributed by atoms with van der Waals surface area (Å²) in [5.41, 5.74) is 4.14. The Kier molecular flexibility index (Phi) is 6.81. The average Bonchev–Trinajstić information content (AvgIpc) is 2.75. The minimum Gasteiger partial charge on any atom is -0.483 e. The molecule has 0 aliphatic heterocycles. The predicted molar refractivity (Wildman–Crippen MR) is 123 cm³/mol. The SMILES string of the molecule is CCc1ccc(N(C(=O)COc2cc(C)ccc2C)S(=O)(=O)c2ccc(C)cc2)cc1. The smallest absolute Gasteiger partial charge is 0.278 e. The number of hydrogen-bond acceptors (Lipinski definition) is 4. The van der Waals surface area contributed by atoms with E-state index in [0.717, 1.165) is 33.0 Å². The number of aryl methyl sites for hydroxylation is 4. The summed E-state index contributed by atoms with van der Waals surface area (Å²) in [6.45, 7) is 7.30. The Morgan fingerprint density at radius 2 is 1.48 bits per heavy atom. The molecule has 0 fully saturated rings. The van der Waals surface area contributed by atoms with Crippen molar-refractivity contribution < 1.29 is 17.9 Å². The van der Waals surface area contributed by atoms with Crippen LogP contribution in [0.2, 0.25) is 0 Å². The van der Waals surface area contributed by atoms with E-state index < -0.39 is 22.5 Å². The number of ether oxygens (including phenoxy) is 1. The van der Waals surface area contributed by atoms with Crippen molar-refractivity contribution in [2.75, 3.05) is 10.9 Å². The lowest BCUT2D eigenvalue weighted by molar-refractivity contribution is -0.119. The fourth-order valence-corrected chi connectivity index (χ4v) is 4.57. The van der Waals surface area contributed by atoms with Crippen molar-refractivity contribution in [3.63, 3.8) is 0 Å². The second kappa shape index (κ2) is 9.35. The van der Waals surface area contributed by atoms with Gasteiger partial charge in [0.15, 0.2) is 6.61 Å². The van der Waals surface area contributed by atoms with E-state index in [9.17, 15) is 13.2 Å². The lowest BCUT2D eigenvalue weighted by Crippen LogP contribution is -2.40. The standard InChI is InChI=1S/C25H27NO4S/c1-5-21-10-12-22(13-11-21)26(31(28,29)23-14-7-18(2)8-15-23)25(27)17-30-24-16-19(3)6-9-20(24)4/h6-16H,5,17H2,1-4H3. The van der Waals surface area contributed by atoms with Gasteiger partial charge in [0, 0.05) is 0 Å². The molecule has 31 heavy (non-hydrogen) atoms. The third kappa shape index (κ3) is 5.14. The van der Waals surface area contributed by atoms with Gasteiger partial charge < -0.3 is 4.74 Å². The topological polar surface area (TPSA) is 63.7 Å². The van der Waals surface area contributed by atoms with E-state index in [0.29, 0.717) is 5.75 Å². The molecule has 0 heterocycles. The van der Waals surface area contributed by atoms with Crippen molar-refractivity contribution in [1.82, 2.24) is 0 Å². The molecule has 0 saturated carbocycles. The quantitative estimate of drug-likeness (QED) is 0.523. The van der Waals surface area contributed by atoms with Crippen molar-refractivity contribution in [2.24, 2.45) is 0 Å². The van der Waals surface area contributed by atoms with E-state index in [1.807, 2.05) is 58.0 Å². The third-order valence-electron chi connectivity index (χ3n) is 5.06. The molecule has 3 aromatic carbocycles. The molecule has 0 spiro atoms. The molecule has 0 aromatic heterocycles. The first-order chi connectivity index (χ1) is 14.7. The van der Waals surface area contributed by atoms with E-state index in [1.165, 1.54) is 12.1 Å². The number of rotatable bonds is 7. The van der Waals surface area contributed by atoms with Gasteiger partial charge in [-0.1, -0.05) is 48.9 Å². The van der Waals surface area contributed by atoms with Gasteiger partial charge in [-0.3, -0.25) is 4.79 Å². The summed E-state index contributed by atoms with van der Waals surface area (Å²) in [5, 5.41) is 0. The summed E-state index contributed by atoms with van der Waals surface area (Å²) in [7, 11) is -4.11. The van der Waals surface area contributed by atoms with Crippen molar-refractivity contribution >= 4 is 21.6 Å². The van der Waals surface area contributed by atoms with Crippen LogP contribution in [0.15, 0.2) is 71.6 Å². The van der Waals surface area contributed by atoms with Gasteiger partial charge in [-0.05, 0) is 74.2 Å². The molecular formula is C25H27NO4S. The molecule has 1 amide bonds. The first kappa shape index (κ1) is 22.6. The maximum atomic E-state index is 13.4. The number of amides is 1. The summed E-state index contributed by atoms with van der Waals surface area (Å²) >= 11 is 0. The van der Waals surface area contributed by atoms with Crippen LogP contribution in [0, 0.1) is 20.8 Å². The van der Waals surface area contributed by atoms with Crippen LogP contribution in [-0.4, -0.2) is 20.9 Å². The van der Waals surface area contributed by atoms with Crippen molar-refractivity contribution in [1.29, 1.82) is 0 Å². The lowest BCUT2D eigenvalue weighted by atomic mass is 10.1. The lowest BCUT2D eigenvalue weighted by Gasteiger charge is -2.23. The van der Waals surface area contributed by atoms with Gasteiger partial charge in [0.05, 0.1) is 10.6 Å². The predicted octanol–water partition coefficient (Wildman–Crippen LogP) is 4.98. The van der Waals surface area contributed by atoms with Gasteiger partial charge in [-0.2, -0.15) is 4.31 Å². The van der Waals surface area contributed by atoms with E-state index >= 15 is 0 Å². The molecule has 0 saturated heterocycles. The van der Waals surface area contributed by atoms with Crippen LogP contribution in [-0.2, 0) is 21.2 Å². The minimum absolute atomic E-state index is 0.0535. The van der Waals surface area contributed by atoms with E-state index in [1.54, 1.807) is 24.3 Å². The van der Waals surface area contributed by atoms with Gasteiger partial charge in [-0.25, -0.2) is 8.42 Å². The Labute approximate surface area is 184 Å². The van der Waals surface area contributed by atoms with Crippen LogP contribution in [0.1, 0.15) is 29.2 Å². The minimum atomic E-state index is -4.11. The Morgan fingerprint density at radius 3 is 2.10 bits per heavy atom. The van der Waals surface area contributed by atoms with Crippen molar-refractivity contribution in [2.45, 2.75) is 39.0 Å². The molecule has 0 aliphatic rings. The zero-order valence-corrected chi connectivity index (χ0v) is 19.1. The van der Waals surface area contributed by atoms with Crippen LogP contribution in [0.25, 0.3) is 0 Å². The molecule has 0 atom stereocenters. The molecule has 3 rings (SSSR count). The molecule has 3 aromatic rings. The maximum Gasteiger partial charge on any atom is 0.278 e. The highest BCUT2D eigenvalue weighted by Gasteiger charge is 2.31. The second-order valence-corrected chi connectivity index (χ2v) is 9.34. The molecule has 6 heteroatoms. The van der Waals surface area contributed by atoms with Gasteiger partial charge in [0.2, 0.25) is 0 Å². The fraction of sp³-hybridized carbons (Fsp3) is 0.240. The van der Waals surface area contributed by atoms with Crippen LogP contribution in [0.5, 0.6) is 5.75 Å². The number of benzene rings is 3. The molecule has 0 radical (unpaired) electrons. The zero-order chi connectivity index (χ0) is 22.6. The molecular weight excluding hydrogens is 410 g/mol.